The van der Waals surface area contributed by atoms with E-state index in [4.69, 9.17) is 10.5 Å². The predicted octanol–water partition coefficient (Wildman–Crippen LogP) is 2.72. The predicted molar refractivity (Wildman–Crippen MR) is 84.7 cm³/mol. The maximum atomic E-state index is 12.7. The lowest BCUT2D eigenvalue weighted by atomic mass is 10.1. The summed E-state index contributed by atoms with van der Waals surface area (Å²) in [4.78, 5) is 12.7. The van der Waals surface area contributed by atoms with Gasteiger partial charge in [-0.15, -0.1) is 0 Å². The third kappa shape index (κ3) is 2.30. The van der Waals surface area contributed by atoms with Crippen LogP contribution in [0.25, 0.3) is 16.5 Å². The Morgan fingerprint density at radius 1 is 1.10 bits per heavy atom. The topological polar surface area (TPSA) is 57.2 Å². The lowest BCUT2D eigenvalue weighted by Gasteiger charge is -2.15. The molecule has 0 bridgehead atoms. The van der Waals surface area contributed by atoms with Crippen molar-refractivity contribution < 1.29 is 4.74 Å². The van der Waals surface area contributed by atoms with E-state index in [1.165, 1.54) is 4.57 Å². The minimum absolute atomic E-state index is 0.117. The number of anilines is 1. The van der Waals surface area contributed by atoms with E-state index in [1.807, 2.05) is 54.6 Å². The van der Waals surface area contributed by atoms with Gasteiger partial charge in [-0.2, -0.15) is 0 Å². The Bertz CT molecular complexity index is 853. The van der Waals surface area contributed by atoms with E-state index in [9.17, 15) is 4.79 Å². The van der Waals surface area contributed by atoms with Gasteiger partial charge in [0.2, 0.25) is 0 Å². The van der Waals surface area contributed by atoms with Crippen molar-refractivity contribution >= 4 is 16.6 Å². The number of nitrogens with zero attached hydrogens (tertiary/aromatic N) is 1. The molecule has 0 amide bonds. The van der Waals surface area contributed by atoms with Crippen LogP contribution < -0.4 is 11.3 Å². The summed E-state index contributed by atoms with van der Waals surface area (Å²) in [6, 6.07) is 16.9. The third-order valence-electron chi connectivity index (χ3n) is 3.49. The Balaban J connectivity index is 2.33. The van der Waals surface area contributed by atoms with Crippen molar-refractivity contribution in [2.75, 3.05) is 12.8 Å². The molecule has 0 saturated heterocycles. The number of nitrogens with two attached hydrogens (primary N) is 1. The second-order valence-electron chi connectivity index (χ2n) is 4.86. The van der Waals surface area contributed by atoms with Crippen LogP contribution in [0.2, 0.25) is 0 Å². The zero-order valence-electron chi connectivity index (χ0n) is 11.7. The van der Waals surface area contributed by atoms with E-state index in [2.05, 4.69) is 0 Å². The van der Waals surface area contributed by atoms with Gasteiger partial charge < -0.3 is 10.5 Å². The summed E-state index contributed by atoms with van der Waals surface area (Å²) in [7, 11) is 1.63. The maximum Gasteiger partial charge on any atom is 0.264 e. The lowest BCUT2D eigenvalue weighted by molar-refractivity contribution is 0.185. The van der Waals surface area contributed by atoms with Crippen LogP contribution in [0.15, 0.2) is 59.4 Å². The highest BCUT2D eigenvalue weighted by Gasteiger charge is 2.11. The highest BCUT2D eigenvalue weighted by atomic mass is 16.5. The second-order valence-corrected chi connectivity index (χ2v) is 4.86. The van der Waals surface area contributed by atoms with Crippen molar-refractivity contribution in [3.05, 3.63) is 70.5 Å². The largest absolute Gasteiger partial charge is 0.385 e. The Labute approximate surface area is 122 Å². The zero-order chi connectivity index (χ0) is 14.8. The fraction of sp³-hybridized carbons (Fsp3) is 0.118. The van der Waals surface area contributed by atoms with Gasteiger partial charge in [-0.25, -0.2) is 0 Å². The van der Waals surface area contributed by atoms with Crippen molar-refractivity contribution in [1.82, 2.24) is 4.57 Å². The minimum Gasteiger partial charge on any atom is -0.385 e. The molecule has 4 nitrogen and oxygen atoms in total. The number of ether oxygens (including phenoxy) is 1. The number of rotatable bonds is 3. The normalized spacial score (nSPS) is 10.9. The number of para-hydroxylation sites is 1. The smallest absolute Gasteiger partial charge is 0.264 e. The molecule has 0 saturated carbocycles. The van der Waals surface area contributed by atoms with Crippen LogP contribution in [0.5, 0.6) is 0 Å². The van der Waals surface area contributed by atoms with Gasteiger partial charge in [0.15, 0.2) is 0 Å². The van der Waals surface area contributed by atoms with Crippen molar-refractivity contribution in [3.8, 4) is 5.69 Å². The second kappa shape index (κ2) is 5.42. The first-order chi connectivity index (χ1) is 10.2. The van der Waals surface area contributed by atoms with Gasteiger partial charge in [-0.05, 0) is 23.6 Å². The Kier molecular flexibility index (Phi) is 3.46. The van der Waals surface area contributed by atoms with Crippen LogP contribution in [0.1, 0.15) is 5.56 Å². The van der Waals surface area contributed by atoms with Crippen molar-refractivity contribution in [3.63, 3.8) is 0 Å². The molecule has 0 fully saturated rings. The molecule has 4 heteroatoms. The highest BCUT2D eigenvalue weighted by molar-refractivity contribution is 5.84. The van der Waals surface area contributed by atoms with E-state index < -0.39 is 0 Å². The first-order valence-corrected chi connectivity index (χ1v) is 6.70. The van der Waals surface area contributed by atoms with E-state index in [1.54, 1.807) is 7.11 Å². The van der Waals surface area contributed by atoms with Gasteiger partial charge in [0.1, 0.15) is 5.82 Å². The van der Waals surface area contributed by atoms with E-state index in [0.29, 0.717) is 17.8 Å². The molecule has 0 spiro atoms. The summed E-state index contributed by atoms with van der Waals surface area (Å²) in [5.41, 5.74) is 7.67. The molecule has 21 heavy (non-hydrogen) atoms. The molecule has 1 heterocycles. The van der Waals surface area contributed by atoms with Gasteiger partial charge >= 0.3 is 0 Å². The van der Waals surface area contributed by atoms with E-state index in [-0.39, 0.29) is 5.56 Å². The van der Waals surface area contributed by atoms with Crippen molar-refractivity contribution in [2.45, 2.75) is 6.61 Å². The molecule has 106 valence electrons. The van der Waals surface area contributed by atoms with Crippen LogP contribution >= 0.6 is 0 Å². The summed E-state index contributed by atoms with van der Waals surface area (Å²) in [6.07, 6.45) is 0. The SMILES string of the molecule is COCc1ccccc1-n1c(N)cc2ccccc2c1=O. The number of aromatic nitrogens is 1. The molecule has 0 aliphatic carbocycles. The average Bonchev–Trinajstić information content (AvgIpc) is 2.49. The van der Waals surface area contributed by atoms with Crippen LogP contribution in [0, 0.1) is 0 Å². The van der Waals surface area contributed by atoms with Gasteiger partial charge in [-0.1, -0.05) is 36.4 Å². The molecule has 0 atom stereocenters. The average molecular weight is 280 g/mol. The molecular weight excluding hydrogens is 264 g/mol. The van der Waals surface area contributed by atoms with Crippen LogP contribution in [-0.4, -0.2) is 11.7 Å². The Hall–Kier alpha value is -2.59. The quantitative estimate of drug-likeness (QED) is 0.802. The number of hydrogen-bond donors (Lipinski definition) is 1. The monoisotopic (exact) mass is 280 g/mol. The standard InChI is InChI=1S/C17H16N2O2/c1-21-11-13-7-3-5-9-15(13)19-16(18)10-12-6-2-4-8-14(12)17(19)20/h2-10H,11,18H2,1H3. The summed E-state index contributed by atoms with van der Waals surface area (Å²) in [5.74, 6) is 0.419. The van der Waals surface area contributed by atoms with Gasteiger partial charge in [0.05, 0.1) is 12.3 Å². The van der Waals surface area contributed by atoms with Crippen LogP contribution in [0.4, 0.5) is 5.82 Å². The summed E-state index contributed by atoms with van der Waals surface area (Å²) in [6.45, 7) is 0.425. The molecule has 2 aromatic carbocycles. The van der Waals surface area contributed by atoms with E-state index >= 15 is 0 Å². The maximum absolute atomic E-state index is 12.7. The minimum atomic E-state index is -0.117. The number of pyridine rings is 1. The molecule has 3 aromatic rings. The zero-order valence-corrected chi connectivity index (χ0v) is 11.7. The fourth-order valence-electron chi connectivity index (χ4n) is 2.53. The summed E-state index contributed by atoms with van der Waals surface area (Å²) >= 11 is 0. The molecule has 0 aliphatic rings. The molecule has 1 aromatic heterocycles. The van der Waals surface area contributed by atoms with Crippen LogP contribution in [0.3, 0.4) is 0 Å². The fourth-order valence-corrected chi connectivity index (χ4v) is 2.53. The third-order valence-corrected chi connectivity index (χ3v) is 3.49. The molecule has 3 rings (SSSR count). The number of fused-ring (bicyclic) bond motifs is 1. The number of methoxy groups -OCH3 is 1. The van der Waals surface area contributed by atoms with Gasteiger partial charge in [0.25, 0.3) is 5.56 Å². The summed E-state index contributed by atoms with van der Waals surface area (Å²) < 4.78 is 6.74. The van der Waals surface area contributed by atoms with Gasteiger partial charge in [0, 0.05) is 18.1 Å². The van der Waals surface area contributed by atoms with E-state index in [0.717, 1.165) is 16.6 Å². The van der Waals surface area contributed by atoms with Crippen molar-refractivity contribution in [2.24, 2.45) is 0 Å². The molecule has 2 N–H and O–H groups in total. The van der Waals surface area contributed by atoms with Gasteiger partial charge in [-0.3, -0.25) is 9.36 Å². The highest BCUT2D eigenvalue weighted by Crippen LogP contribution is 2.20. The number of benzene rings is 2. The first-order valence-electron chi connectivity index (χ1n) is 6.70. The first kappa shape index (κ1) is 13.4. The summed E-state index contributed by atoms with van der Waals surface area (Å²) in [5, 5.41) is 1.50. The van der Waals surface area contributed by atoms with Crippen LogP contribution in [-0.2, 0) is 11.3 Å². The van der Waals surface area contributed by atoms with Crippen molar-refractivity contribution in [1.29, 1.82) is 0 Å². The number of hydrogen-bond acceptors (Lipinski definition) is 3. The Morgan fingerprint density at radius 3 is 2.62 bits per heavy atom. The molecule has 0 aliphatic heterocycles. The lowest BCUT2D eigenvalue weighted by Crippen LogP contribution is -2.22. The number of nitrogen functional groups attached to an aromatic ring is 1. The molecular formula is C17H16N2O2. The molecule has 0 radical (unpaired) electrons. The Morgan fingerprint density at radius 2 is 1.81 bits per heavy atom. The molecule has 0 unspecified atom stereocenters.